The van der Waals surface area contributed by atoms with Crippen LogP contribution in [0.2, 0.25) is 0 Å². The van der Waals surface area contributed by atoms with Crippen LogP contribution in [0.1, 0.15) is 32.6 Å². The van der Waals surface area contributed by atoms with E-state index in [1.165, 1.54) is 6.92 Å². The Morgan fingerprint density at radius 1 is 1.32 bits per heavy atom. The van der Waals surface area contributed by atoms with E-state index in [2.05, 4.69) is 14.9 Å². The molecule has 0 aromatic carbocycles. The van der Waals surface area contributed by atoms with Crippen molar-refractivity contribution in [3.63, 3.8) is 0 Å². The van der Waals surface area contributed by atoms with Gasteiger partial charge in [-0.05, 0) is 31.6 Å². The Bertz CT molecular complexity index is 338. The van der Waals surface area contributed by atoms with E-state index in [9.17, 15) is 19.7 Å². The Kier molecular flexibility index (Phi) is 6.04. The lowest BCUT2D eigenvalue weighted by molar-refractivity contribution is -0.769. The van der Waals surface area contributed by atoms with Gasteiger partial charge in [-0.15, -0.1) is 10.1 Å². The second-order valence-electron chi connectivity index (χ2n) is 4.56. The molecule has 1 N–H and O–H groups in total. The van der Waals surface area contributed by atoms with Crippen LogP contribution in [0.3, 0.4) is 0 Å². The summed E-state index contributed by atoms with van der Waals surface area (Å²) in [4.78, 5) is 36.5. The molecule has 0 atom stereocenters. The summed E-state index contributed by atoms with van der Waals surface area (Å²) in [7, 11) is 0. The molecule has 8 nitrogen and oxygen atoms in total. The first-order valence-corrected chi connectivity index (χ1v) is 6.18. The summed E-state index contributed by atoms with van der Waals surface area (Å²) in [6.45, 7) is 1.46. The van der Waals surface area contributed by atoms with E-state index < -0.39 is 11.1 Å². The topological polar surface area (TPSA) is 108 Å². The average Bonchev–Trinajstić information content (AvgIpc) is 2.35. The summed E-state index contributed by atoms with van der Waals surface area (Å²) >= 11 is 0. The number of amides is 1. The van der Waals surface area contributed by atoms with Crippen LogP contribution in [0.5, 0.6) is 0 Å². The predicted molar refractivity (Wildman–Crippen MR) is 63.5 cm³/mol. The number of nitrogens with one attached hydrogen (secondary N) is 1. The third-order valence-corrected chi connectivity index (χ3v) is 3.02. The van der Waals surface area contributed by atoms with Crippen LogP contribution in [-0.4, -0.2) is 36.2 Å². The van der Waals surface area contributed by atoms with Crippen LogP contribution in [0, 0.1) is 16.0 Å². The van der Waals surface area contributed by atoms with Crippen LogP contribution in [0.4, 0.5) is 0 Å². The Balaban J connectivity index is 2.14. The third-order valence-electron chi connectivity index (χ3n) is 3.02. The minimum Gasteiger partial charge on any atom is -0.456 e. The van der Waals surface area contributed by atoms with Crippen molar-refractivity contribution in [1.29, 1.82) is 0 Å². The lowest BCUT2D eigenvalue weighted by atomic mass is 9.87. The summed E-state index contributed by atoms with van der Waals surface area (Å²) in [6.07, 6.45) is 2.44. The summed E-state index contributed by atoms with van der Waals surface area (Å²) < 4.78 is 4.56. The summed E-state index contributed by atoms with van der Waals surface area (Å²) in [5.74, 6) is -0.542. The van der Waals surface area contributed by atoms with E-state index in [0.717, 1.165) is 12.8 Å². The molecule has 108 valence electrons. The molecule has 1 aliphatic rings. The number of carbonyl (C=O) groups excluding carboxylic acids is 2. The van der Waals surface area contributed by atoms with Crippen molar-refractivity contribution in [1.82, 2.24) is 5.32 Å². The zero-order chi connectivity index (χ0) is 14.3. The molecule has 0 radical (unpaired) electrons. The van der Waals surface area contributed by atoms with E-state index in [-0.39, 0.29) is 24.5 Å². The lowest BCUT2D eigenvalue weighted by Crippen LogP contribution is -2.35. The molecule has 1 fully saturated rings. The molecule has 1 amide bonds. The van der Waals surface area contributed by atoms with Crippen LogP contribution in [0.15, 0.2) is 0 Å². The number of ether oxygens (including phenoxy) is 1. The normalized spacial score (nSPS) is 22.4. The van der Waals surface area contributed by atoms with Gasteiger partial charge >= 0.3 is 5.97 Å². The maximum Gasteiger partial charge on any atom is 0.303 e. The Morgan fingerprint density at radius 3 is 2.47 bits per heavy atom. The van der Waals surface area contributed by atoms with Crippen molar-refractivity contribution in [3.05, 3.63) is 10.1 Å². The molecule has 0 spiro atoms. The highest BCUT2D eigenvalue weighted by molar-refractivity contribution is 5.79. The van der Waals surface area contributed by atoms with Gasteiger partial charge in [-0.3, -0.25) is 9.59 Å². The molecule has 19 heavy (non-hydrogen) atoms. The van der Waals surface area contributed by atoms with Crippen molar-refractivity contribution in [3.8, 4) is 0 Å². The number of esters is 1. The van der Waals surface area contributed by atoms with Gasteiger partial charge in [0.1, 0.15) is 6.10 Å². The van der Waals surface area contributed by atoms with Gasteiger partial charge in [-0.25, -0.2) is 0 Å². The highest BCUT2D eigenvalue weighted by atomic mass is 17.0. The maximum atomic E-state index is 11.3. The summed E-state index contributed by atoms with van der Waals surface area (Å²) in [6, 6.07) is 0. The van der Waals surface area contributed by atoms with Crippen molar-refractivity contribution in [2.24, 2.45) is 5.92 Å². The first-order chi connectivity index (χ1) is 8.97. The molecule has 0 bridgehead atoms. The fourth-order valence-corrected chi connectivity index (χ4v) is 2.04. The molecule has 1 saturated carbocycles. The van der Waals surface area contributed by atoms with Crippen LogP contribution in [-0.2, 0) is 19.2 Å². The first kappa shape index (κ1) is 15.2. The van der Waals surface area contributed by atoms with Gasteiger partial charge in [0.15, 0.2) is 6.61 Å². The highest BCUT2D eigenvalue weighted by Gasteiger charge is 2.23. The number of rotatable bonds is 6. The molecule has 0 saturated heterocycles. The monoisotopic (exact) mass is 274 g/mol. The van der Waals surface area contributed by atoms with Crippen LogP contribution < -0.4 is 5.32 Å². The largest absolute Gasteiger partial charge is 0.456 e. The van der Waals surface area contributed by atoms with Gasteiger partial charge in [0.05, 0.1) is 0 Å². The Labute approximate surface area is 110 Å². The molecule has 0 heterocycles. The number of hydrogen-bond acceptors (Lipinski definition) is 6. The van der Waals surface area contributed by atoms with Gasteiger partial charge in [0, 0.05) is 13.5 Å². The third kappa shape index (κ3) is 6.58. The lowest BCUT2D eigenvalue weighted by Gasteiger charge is -2.27. The van der Waals surface area contributed by atoms with E-state index in [1.807, 2.05) is 0 Å². The molecule has 1 aliphatic carbocycles. The number of hydrogen-bond donors (Lipinski definition) is 1. The van der Waals surface area contributed by atoms with Crippen LogP contribution in [0.25, 0.3) is 0 Å². The number of carbonyl (C=O) groups is 2. The highest BCUT2D eigenvalue weighted by Crippen LogP contribution is 2.25. The Hall–Kier alpha value is -1.86. The van der Waals surface area contributed by atoms with Gasteiger partial charge < -0.3 is 14.9 Å². The zero-order valence-electron chi connectivity index (χ0n) is 10.8. The first-order valence-electron chi connectivity index (χ1n) is 6.18. The molecule has 1 rings (SSSR count). The van der Waals surface area contributed by atoms with Gasteiger partial charge in [-0.2, -0.15) is 0 Å². The average molecular weight is 274 g/mol. The van der Waals surface area contributed by atoms with Crippen molar-refractivity contribution < 1.29 is 24.3 Å². The molecule has 0 aromatic rings. The summed E-state index contributed by atoms with van der Waals surface area (Å²) in [5, 5.41) is 12.1. The van der Waals surface area contributed by atoms with E-state index in [4.69, 9.17) is 0 Å². The van der Waals surface area contributed by atoms with E-state index in [0.29, 0.717) is 19.4 Å². The quantitative estimate of drug-likeness (QED) is 0.427. The van der Waals surface area contributed by atoms with Gasteiger partial charge in [-0.1, -0.05) is 0 Å². The maximum absolute atomic E-state index is 11.3. The standard InChI is InChI=1S/C11H18N2O6/c1-8(14)18-7-11(15)12-6-9-2-4-10(5-3-9)19-13(16)17/h9-10H,2-7H2,1H3,(H,12,15). The van der Waals surface area contributed by atoms with E-state index >= 15 is 0 Å². The molecule has 0 aromatic heterocycles. The minimum absolute atomic E-state index is 0.269. The fourth-order valence-electron chi connectivity index (χ4n) is 2.04. The van der Waals surface area contributed by atoms with Crippen LogP contribution >= 0.6 is 0 Å². The molecule has 0 unspecified atom stereocenters. The smallest absolute Gasteiger partial charge is 0.303 e. The predicted octanol–water partition coefficient (Wildman–Crippen LogP) is 0.433. The fraction of sp³-hybridized carbons (Fsp3) is 0.818. The molecule has 8 heteroatoms. The second-order valence-corrected chi connectivity index (χ2v) is 4.56. The molecular weight excluding hydrogens is 256 g/mol. The second kappa shape index (κ2) is 7.55. The minimum atomic E-state index is -0.758. The van der Waals surface area contributed by atoms with Gasteiger partial charge in [0.25, 0.3) is 11.0 Å². The van der Waals surface area contributed by atoms with E-state index in [1.54, 1.807) is 0 Å². The SMILES string of the molecule is CC(=O)OCC(=O)NCC1CCC(O[N+](=O)[O-])CC1. The van der Waals surface area contributed by atoms with Crippen molar-refractivity contribution in [2.75, 3.05) is 13.2 Å². The number of nitrogens with zero attached hydrogens (tertiary/aromatic N) is 1. The van der Waals surface area contributed by atoms with Gasteiger partial charge in [0.2, 0.25) is 0 Å². The molecular formula is C11H18N2O6. The van der Waals surface area contributed by atoms with Crippen molar-refractivity contribution in [2.45, 2.75) is 38.7 Å². The summed E-state index contributed by atoms with van der Waals surface area (Å²) in [5.41, 5.74) is 0. The Morgan fingerprint density at radius 2 is 1.95 bits per heavy atom. The van der Waals surface area contributed by atoms with Crippen molar-refractivity contribution >= 4 is 11.9 Å². The zero-order valence-corrected chi connectivity index (χ0v) is 10.8. The molecule has 0 aliphatic heterocycles.